The fraction of sp³-hybridized carbons (Fsp3) is 0.647. The summed E-state index contributed by atoms with van der Waals surface area (Å²) in [7, 11) is 0. The summed E-state index contributed by atoms with van der Waals surface area (Å²) in [6.07, 6.45) is 5.63. The minimum atomic E-state index is -0.302. The molecule has 0 saturated carbocycles. The summed E-state index contributed by atoms with van der Waals surface area (Å²) in [6, 6.07) is 1.83. The minimum absolute atomic E-state index is 0.125. The van der Waals surface area contributed by atoms with Crippen LogP contribution in [-0.4, -0.2) is 62.7 Å². The van der Waals surface area contributed by atoms with Gasteiger partial charge in [0.05, 0.1) is 32.4 Å². The Morgan fingerprint density at radius 3 is 2.88 bits per heavy atom. The van der Waals surface area contributed by atoms with Crippen molar-refractivity contribution in [2.45, 2.75) is 44.9 Å². The molecule has 8 heteroatoms. The normalized spacial score (nSPS) is 27.0. The summed E-state index contributed by atoms with van der Waals surface area (Å²) in [5.74, 6) is 2.47. The first kappa shape index (κ1) is 16.4. The van der Waals surface area contributed by atoms with Crippen molar-refractivity contribution in [1.29, 1.82) is 0 Å². The van der Waals surface area contributed by atoms with Crippen molar-refractivity contribution in [3.05, 3.63) is 30.1 Å². The van der Waals surface area contributed by atoms with Crippen molar-refractivity contribution >= 4 is 5.95 Å². The lowest BCUT2D eigenvalue weighted by Crippen LogP contribution is -2.45. The molecule has 4 heterocycles. The van der Waals surface area contributed by atoms with Gasteiger partial charge in [0, 0.05) is 18.9 Å². The fourth-order valence-electron chi connectivity index (χ4n) is 3.70. The molecule has 2 fully saturated rings. The molecule has 0 radical (unpaired) electrons. The van der Waals surface area contributed by atoms with E-state index in [1.807, 2.05) is 24.6 Å². The molecule has 2 aromatic rings. The molecule has 25 heavy (non-hydrogen) atoms. The molecule has 0 aromatic carbocycles. The average molecular weight is 344 g/mol. The zero-order valence-electron chi connectivity index (χ0n) is 14.8. The van der Waals surface area contributed by atoms with Gasteiger partial charge in [-0.15, -0.1) is 0 Å². The van der Waals surface area contributed by atoms with E-state index >= 15 is 0 Å². The highest BCUT2D eigenvalue weighted by atomic mass is 16.6. The summed E-state index contributed by atoms with van der Waals surface area (Å²) in [4.78, 5) is 15.3. The van der Waals surface area contributed by atoms with E-state index in [2.05, 4.69) is 25.0 Å². The van der Waals surface area contributed by atoms with Crippen molar-refractivity contribution in [3.63, 3.8) is 0 Å². The van der Waals surface area contributed by atoms with Gasteiger partial charge in [-0.3, -0.25) is 0 Å². The molecule has 1 spiro atoms. The molecule has 2 aromatic heterocycles. The zero-order chi connectivity index (χ0) is 17.3. The first-order valence-electron chi connectivity index (χ1n) is 8.79. The molecular weight excluding hydrogens is 320 g/mol. The maximum absolute atomic E-state index is 6.48. The monoisotopic (exact) mass is 344 g/mol. The Balaban J connectivity index is 1.47. The van der Waals surface area contributed by atoms with Crippen LogP contribution in [0.2, 0.25) is 0 Å². The lowest BCUT2D eigenvalue weighted by molar-refractivity contribution is -0.0809. The molecule has 134 valence electrons. The largest absolute Gasteiger partial charge is 0.377 e. The fourth-order valence-corrected chi connectivity index (χ4v) is 3.70. The first-order valence-corrected chi connectivity index (χ1v) is 8.79. The molecule has 4 rings (SSSR count). The van der Waals surface area contributed by atoms with E-state index < -0.39 is 0 Å². The minimum Gasteiger partial charge on any atom is -0.377 e. The molecule has 2 aliphatic rings. The molecule has 0 amide bonds. The van der Waals surface area contributed by atoms with Crippen LogP contribution in [0, 0.1) is 13.8 Å². The summed E-state index contributed by atoms with van der Waals surface area (Å²) < 4.78 is 14.3. The van der Waals surface area contributed by atoms with Gasteiger partial charge in [-0.25, -0.2) is 19.6 Å². The summed E-state index contributed by atoms with van der Waals surface area (Å²) in [5, 5.41) is 4.45. The van der Waals surface area contributed by atoms with E-state index in [4.69, 9.17) is 9.47 Å². The van der Waals surface area contributed by atoms with E-state index in [1.165, 1.54) is 0 Å². The van der Waals surface area contributed by atoms with Gasteiger partial charge in [0.25, 0.3) is 0 Å². The second-order valence-corrected chi connectivity index (χ2v) is 6.87. The van der Waals surface area contributed by atoms with Crippen LogP contribution >= 0.6 is 0 Å². The predicted molar refractivity (Wildman–Crippen MR) is 91.4 cm³/mol. The van der Waals surface area contributed by atoms with Crippen LogP contribution in [0.25, 0.3) is 0 Å². The van der Waals surface area contributed by atoms with E-state index in [9.17, 15) is 0 Å². The van der Waals surface area contributed by atoms with Crippen molar-refractivity contribution in [1.82, 2.24) is 24.7 Å². The number of aryl methyl sites for hydroxylation is 2. The molecule has 8 nitrogen and oxygen atoms in total. The van der Waals surface area contributed by atoms with Gasteiger partial charge >= 0.3 is 0 Å². The second kappa shape index (κ2) is 6.68. The van der Waals surface area contributed by atoms with E-state index in [0.29, 0.717) is 13.2 Å². The molecule has 0 N–H and O–H groups in total. The van der Waals surface area contributed by atoms with Gasteiger partial charge in [-0.2, -0.15) is 5.10 Å². The van der Waals surface area contributed by atoms with Gasteiger partial charge in [-0.1, -0.05) is 0 Å². The van der Waals surface area contributed by atoms with Gasteiger partial charge in [0.2, 0.25) is 5.95 Å². The van der Waals surface area contributed by atoms with Crippen LogP contribution in [0.5, 0.6) is 0 Å². The predicted octanol–water partition coefficient (Wildman–Crippen LogP) is 1.14. The van der Waals surface area contributed by atoms with Gasteiger partial charge in [-0.05, 0) is 32.8 Å². The van der Waals surface area contributed by atoms with Crippen LogP contribution in [0.1, 0.15) is 24.5 Å². The topological polar surface area (TPSA) is 78.2 Å². The van der Waals surface area contributed by atoms with Crippen LogP contribution in [0.15, 0.2) is 18.5 Å². The molecule has 2 aliphatic heterocycles. The lowest BCUT2D eigenvalue weighted by atomic mass is 10.0. The van der Waals surface area contributed by atoms with E-state index in [-0.39, 0.29) is 11.7 Å². The maximum Gasteiger partial charge on any atom is 0.225 e. The number of ether oxygens (including phenoxy) is 2. The molecule has 0 bridgehead atoms. The smallest absolute Gasteiger partial charge is 0.225 e. The third kappa shape index (κ3) is 3.50. The van der Waals surface area contributed by atoms with Crippen LogP contribution in [-0.2, 0) is 16.0 Å². The van der Waals surface area contributed by atoms with Crippen LogP contribution in [0.3, 0.4) is 0 Å². The number of hydrogen-bond donors (Lipinski definition) is 0. The Kier molecular flexibility index (Phi) is 4.39. The SMILES string of the molecule is Cc1nc(C)n(C[C@H]2CC[C@]3(COCCN(c4ncccn4)C3)O2)n1. The molecule has 0 aliphatic carbocycles. The van der Waals surface area contributed by atoms with Crippen LogP contribution < -0.4 is 4.90 Å². The lowest BCUT2D eigenvalue weighted by Gasteiger charge is -2.31. The standard InChI is InChI=1S/C17H24N6O2/c1-13-20-14(2)23(21-13)10-15-4-5-17(25-15)11-22(8-9-24-12-17)16-18-6-3-7-19-16/h3,6-7,15H,4-5,8-12H2,1-2H3/t15-,17+/m1/s1. The van der Waals surface area contributed by atoms with Crippen molar-refractivity contribution in [2.75, 3.05) is 31.2 Å². The Labute approximate surface area is 147 Å². The van der Waals surface area contributed by atoms with E-state index in [1.54, 1.807) is 12.4 Å². The average Bonchev–Trinajstić information content (AvgIpc) is 3.06. The quantitative estimate of drug-likeness (QED) is 0.826. The zero-order valence-corrected chi connectivity index (χ0v) is 14.8. The van der Waals surface area contributed by atoms with Crippen molar-refractivity contribution in [3.8, 4) is 0 Å². The van der Waals surface area contributed by atoms with Gasteiger partial charge in [0.1, 0.15) is 17.2 Å². The van der Waals surface area contributed by atoms with Crippen LogP contribution in [0.4, 0.5) is 5.95 Å². The summed E-state index contributed by atoms with van der Waals surface area (Å²) >= 11 is 0. The number of hydrogen-bond acceptors (Lipinski definition) is 7. The third-order valence-corrected chi connectivity index (χ3v) is 4.86. The second-order valence-electron chi connectivity index (χ2n) is 6.87. The molecular formula is C17H24N6O2. The summed E-state index contributed by atoms with van der Waals surface area (Å²) in [6.45, 7) is 7.43. The van der Waals surface area contributed by atoms with Crippen molar-refractivity contribution in [2.24, 2.45) is 0 Å². The highest BCUT2D eigenvalue weighted by Crippen LogP contribution is 2.34. The number of nitrogens with zero attached hydrogens (tertiary/aromatic N) is 6. The number of rotatable bonds is 3. The highest BCUT2D eigenvalue weighted by Gasteiger charge is 2.43. The number of anilines is 1. The maximum atomic E-state index is 6.48. The van der Waals surface area contributed by atoms with Gasteiger partial charge < -0.3 is 14.4 Å². The first-order chi connectivity index (χ1) is 12.1. The Morgan fingerprint density at radius 1 is 1.28 bits per heavy atom. The Bertz CT molecular complexity index is 721. The Morgan fingerprint density at radius 2 is 2.12 bits per heavy atom. The molecule has 0 unspecified atom stereocenters. The van der Waals surface area contributed by atoms with Crippen molar-refractivity contribution < 1.29 is 9.47 Å². The molecule has 2 atom stereocenters. The van der Waals surface area contributed by atoms with Gasteiger partial charge in [0.15, 0.2) is 0 Å². The third-order valence-electron chi connectivity index (χ3n) is 4.86. The van der Waals surface area contributed by atoms with E-state index in [0.717, 1.165) is 50.1 Å². The number of aromatic nitrogens is 5. The summed E-state index contributed by atoms with van der Waals surface area (Å²) in [5.41, 5.74) is -0.302. The molecule has 2 saturated heterocycles. The highest BCUT2D eigenvalue weighted by molar-refractivity contribution is 5.30. The Hall–Kier alpha value is -2.06.